The Kier molecular flexibility index (Phi) is 6.05. The van der Waals surface area contributed by atoms with E-state index in [0.717, 1.165) is 10.9 Å². The number of aromatic nitrogens is 1. The summed E-state index contributed by atoms with van der Waals surface area (Å²) in [5, 5.41) is 3.37. The quantitative estimate of drug-likeness (QED) is 0.738. The van der Waals surface area contributed by atoms with Gasteiger partial charge in [0.2, 0.25) is 5.91 Å². The van der Waals surface area contributed by atoms with E-state index >= 15 is 0 Å². The van der Waals surface area contributed by atoms with Gasteiger partial charge in [-0.2, -0.15) is 0 Å². The van der Waals surface area contributed by atoms with Gasteiger partial charge >= 0.3 is 5.97 Å². The summed E-state index contributed by atoms with van der Waals surface area (Å²) in [6, 6.07) is 8.09. The average molecular weight is 343 g/mol. The Bertz CT molecular complexity index is 791. The van der Waals surface area contributed by atoms with Crippen molar-refractivity contribution >= 4 is 28.7 Å². The highest BCUT2D eigenvalue weighted by Gasteiger charge is 2.25. The summed E-state index contributed by atoms with van der Waals surface area (Å²) in [6.45, 7) is 3.57. The number of nitrogens with one attached hydrogen (secondary N) is 1. The molecule has 2 rings (SSSR count). The van der Waals surface area contributed by atoms with Crippen LogP contribution in [0.15, 0.2) is 36.5 Å². The molecule has 132 valence electrons. The maximum atomic E-state index is 12.4. The number of carbonyl (C=O) groups is 3. The molecule has 1 aromatic carbocycles. The van der Waals surface area contributed by atoms with Crippen molar-refractivity contribution in [3.8, 4) is 0 Å². The van der Waals surface area contributed by atoms with E-state index in [-0.39, 0.29) is 13.0 Å². The molecular formula is C18H21N3O4. The van der Waals surface area contributed by atoms with Gasteiger partial charge in [0, 0.05) is 11.6 Å². The zero-order valence-corrected chi connectivity index (χ0v) is 14.2. The molecule has 0 spiro atoms. The number of fused-ring (bicyclic) bond motifs is 1. The van der Waals surface area contributed by atoms with Crippen LogP contribution in [-0.4, -0.2) is 35.4 Å². The molecule has 0 fully saturated rings. The fraction of sp³-hybridized carbons (Fsp3) is 0.333. The molecule has 7 heteroatoms. The van der Waals surface area contributed by atoms with Crippen LogP contribution >= 0.6 is 0 Å². The molecule has 0 saturated carbocycles. The Morgan fingerprint density at radius 2 is 2.00 bits per heavy atom. The van der Waals surface area contributed by atoms with E-state index in [1.807, 2.05) is 24.3 Å². The molecule has 2 atom stereocenters. The number of nitrogens with zero attached hydrogens (tertiary/aromatic N) is 1. The predicted octanol–water partition coefficient (Wildman–Crippen LogP) is 1.41. The van der Waals surface area contributed by atoms with Crippen LogP contribution in [0.1, 0.15) is 30.6 Å². The predicted molar refractivity (Wildman–Crippen MR) is 92.6 cm³/mol. The fourth-order valence-corrected chi connectivity index (χ4v) is 2.42. The zero-order valence-electron chi connectivity index (χ0n) is 14.2. The normalized spacial score (nSPS) is 13.0. The first kappa shape index (κ1) is 18.4. The standard InChI is InChI=1S/C18H21N3O4/c1-3-25-18(24)11(2)8-15(16(19)22)21-17(23)13-9-12-6-4-5-7-14(12)20-10-13/h4-7,9-11,15H,3,8H2,1-2H3,(H2,19,22)(H,21,23)/t11-,15-/m0/s1. The molecular weight excluding hydrogens is 322 g/mol. The molecule has 0 unspecified atom stereocenters. The molecule has 7 nitrogen and oxygen atoms in total. The van der Waals surface area contributed by atoms with Crippen molar-refractivity contribution in [1.82, 2.24) is 10.3 Å². The van der Waals surface area contributed by atoms with Crippen LogP contribution in [0.3, 0.4) is 0 Å². The van der Waals surface area contributed by atoms with Gasteiger partial charge < -0.3 is 15.8 Å². The number of rotatable bonds is 7. The maximum Gasteiger partial charge on any atom is 0.308 e. The number of carbonyl (C=O) groups excluding carboxylic acids is 3. The zero-order chi connectivity index (χ0) is 18.4. The summed E-state index contributed by atoms with van der Waals surface area (Å²) in [5.74, 6) is -2.18. The highest BCUT2D eigenvalue weighted by Crippen LogP contribution is 2.14. The first-order chi connectivity index (χ1) is 11.9. The number of primary amides is 1. The van der Waals surface area contributed by atoms with Crippen molar-refractivity contribution in [2.45, 2.75) is 26.3 Å². The molecule has 0 aliphatic heterocycles. The van der Waals surface area contributed by atoms with Gasteiger partial charge in [0.25, 0.3) is 5.91 Å². The smallest absolute Gasteiger partial charge is 0.308 e. The topological polar surface area (TPSA) is 111 Å². The average Bonchev–Trinajstić information content (AvgIpc) is 2.60. The van der Waals surface area contributed by atoms with E-state index in [2.05, 4.69) is 10.3 Å². The van der Waals surface area contributed by atoms with Gasteiger partial charge in [-0.25, -0.2) is 0 Å². The van der Waals surface area contributed by atoms with Crippen LogP contribution in [0, 0.1) is 5.92 Å². The van der Waals surface area contributed by atoms with E-state index in [1.54, 1.807) is 19.9 Å². The summed E-state index contributed by atoms with van der Waals surface area (Å²) in [6.07, 6.45) is 1.51. The second-order valence-corrected chi connectivity index (χ2v) is 5.73. The lowest BCUT2D eigenvalue weighted by Crippen LogP contribution is -2.46. The molecule has 0 bridgehead atoms. The van der Waals surface area contributed by atoms with Gasteiger partial charge in [0.15, 0.2) is 0 Å². The number of hydrogen-bond donors (Lipinski definition) is 2. The Balaban J connectivity index is 2.10. The second-order valence-electron chi connectivity index (χ2n) is 5.73. The Hall–Kier alpha value is -2.96. The number of para-hydroxylation sites is 1. The third-order valence-corrected chi connectivity index (χ3v) is 3.78. The van der Waals surface area contributed by atoms with Crippen molar-refractivity contribution in [2.75, 3.05) is 6.61 Å². The SMILES string of the molecule is CCOC(=O)[C@@H](C)C[C@H](NC(=O)c1cnc2ccccc2c1)C(N)=O. The first-order valence-corrected chi connectivity index (χ1v) is 8.04. The maximum absolute atomic E-state index is 12.4. The number of benzene rings is 1. The monoisotopic (exact) mass is 343 g/mol. The number of amides is 2. The van der Waals surface area contributed by atoms with Crippen molar-refractivity contribution < 1.29 is 19.1 Å². The minimum Gasteiger partial charge on any atom is -0.466 e. The van der Waals surface area contributed by atoms with E-state index in [9.17, 15) is 14.4 Å². The summed E-state index contributed by atoms with van der Waals surface area (Å²) in [5.41, 5.74) is 6.43. The lowest BCUT2D eigenvalue weighted by molar-refractivity contribution is -0.147. The molecule has 2 aromatic rings. The van der Waals surface area contributed by atoms with Crippen molar-refractivity contribution in [3.05, 3.63) is 42.1 Å². The molecule has 2 amide bonds. The van der Waals surface area contributed by atoms with Gasteiger partial charge in [0.05, 0.1) is 23.6 Å². The van der Waals surface area contributed by atoms with Crippen LogP contribution in [-0.2, 0) is 14.3 Å². The number of hydrogen-bond acceptors (Lipinski definition) is 5. The Labute approximate surface area is 145 Å². The molecule has 3 N–H and O–H groups in total. The largest absolute Gasteiger partial charge is 0.466 e. The first-order valence-electron chi connectivity index (χ1n) is 8.04. The highest BCUT2D eigenvalue weighted by molar-refractivity contribution is 5.99. The number of esters is 1. The minimum absolute atomic E-state index is 0.0704. The number of ether oxygens (including phenoxy) is 1. The number of pyridine rings is 1. The van der Waals surface area contributed by atoms with Gasteiger partial charge in [0.1, 0.15) is 6.04 Å². The van der Waals surface area contributed by atoms with Crippen LogP contribution in [0.4, 0.5) is 0 Å². The molecule has 0 radical (unpaired) electrons. The summed E-state index contributed by atoms with van der Waals surface area (Å²) >= 11 is 0. The molecule has 0 aliphatic carbocycles. The van der Waals surface area contributed by atoms with Crippen LogP contribution in [0.25, 0.3) is 10.9 Å². The minimum atomic E-state index is -0.974. The van der Waals surface area contributed by atoms with E-state index in [4.69, 9.17) is 10.5 Å². The van der Waals surface area contributed by atoms with Crippen LogP contribution < -0.4 is 11.1 Å². The molecule has 0 aliphatic rings. The van der Waals surface area contributed by atoms with E-state index < -0.39 is 29.7 Å². The third-order valence-electron chi connectivity index (χ3n) is 3.78. The van der Waals surface area contributed by atoms with E-state index in [0.29, 0.717) is 5.56 Å². The fourth-order valence-electron chi connectivity index (χ4n) is 2.42. The lowest BCUT2D eigenvalue weighted by Gasteiger charge is -2.19. The van der Waals surface area contributed by atoms with Crippen molar-refractivity contribution in [1.29, 1.82) is 0 Å². The van der Waals surface area contributed by atoms with Gasteiger partial charge in [-0.05, 0) is 25.5 Å². The van der Waals surface area contributed by atoms with Crippen molar-refractivity contribution in [3.63, 3.8) is 0 Å². The number of nitrogens with two attached hydrogens (primary N) is 1. The Morgan fingerprint density at radius 1 is 1.28 bits per heavy atom. The molecule has 25 heavy (non-hydrogen) atoms. The summed E-state index contributed by atoms with van der Waals surface area (Å²) in [4.78, 5) is 40.0. The summed E-state index contributed by atoms with van der Waals surface area (Å²) < 4.78 is 4.91. The molecule has 1 aromatic heterocycles. The third kappa shape index (κ3) is 4.76. The molecule has 1 heterocycles. The van der Waals surface area contributed by atoms with E-state index in [1.165, 1.54) is 6.20 Å². The second kappa shape index (κ2) is 8.23. The van der Waals surface area contributed by atoms with Crippen molar-refractivity contribution in [2.24, 2.45) is 11.7 Å². The van der Waals surface area contributed by atoms with Crippen LogP contribution in [0.2, 0.25) is 0 Å². The van der Waals surface area contributed by atoms with Gasteiger partial charge in [-0.15, -0.1) is 0 Å². The van der Waals surface area contributed by atoms with Crippen LogP contribution in [0.5, 0.6) is 0 Å². The molecule has 0 saturated heterocycles. The summed E-state index contributed by atoms with van der Waals surface area (Å²) in [7, 11) is 0. The Morgan fingerprint density at radius 3 is 2.68 bits per heavy atom. The lowest BCUT2D eigenvalue weighted by atomic mass is 10.0. The highest BCUT2D eigenvalue weighted by atomic mass is 16.5. The van der Waals surface area contributed by atoms with Gasteiger partial charge in [-0.3, -0.25) is 19.4 Å². The van der Waals surface area contributed by atoms with Gasteiger partial charge in [-0.1, -0.05) is 25.1 Å².